The van der Waals surface area contributed by atoms with E-state index in [0.29, 0.717) is 24.1 Å². The molecule has 0 radical (unpaired) electrons. The normalized spacial score (nSPS) is 18.4. The number of nitrogens with zero attached hydrogens (tertiary/aromatic N) is 3. The van der Waals surface area contributed by atoms with Crippen molar-refractivity contribution in [1.29, 1.82) is 0 Å². The molecule has 1 aliphatic heterocycles. The SMILES string of the molecule is Cc1cccc(C)c1NC(=O)CN(CCC(=O)Nc1nnc(C2CCCO2)s1)C1CC1. The minimum atomic E-state index is -0.115. The number of ether oxygens (including phenoxy) is 1. The highest BCUT2D eigenvalue weighted by atomic mass is 32.1. The number of benzene rings is 1. The molecule has 4 rings (SSSR count). The third-order valence-corrected chi connectivity index (χ3v) is 6.60. The maximum absolute atomic E-state index is 12.6. The first-order chi connectivity index (χ1) is 15.0. The lowest BCUT2D eigenvalue weighted by Crippen LogP contribution is -2.37. The lowest BCUT2D eigenvalue weighted by molar-refractivity contribution is -0.119. The fourth-order valence-electron chi connectivity index (χ4n) is 3.82. The van der Waals surface area contributed by atoms with Crippen molar-refractivity contribution in [2.45, 2.75) is 58.1 Å². The van der Waals surface area contributed by atoms with E-state index in [1.54, 1.807) is 0 Å². The molecule has 2 fully saturated rings. The van der Waals surface area contributed by atoms with Gasteiger partial charge in [0.05, 0.1) is 6.54 Å². The molecule has 8 nitrogen and oxygen atoms in total. The Morgan fingerprint density at radius 3 is 2.58 bits per heavy atom. The lowest BCUT2D eigenvalue weighted by Gasteiger charge is -2.21. The van der Waals surface area contributed by atoms with Crippen LogP contribution in [-0.2, 0) is 14.3 Å². The van der Waals surface area contributed by atoms with Gasteiger partial charge in [0.2, 0.25) is 16.9 Å². The molecule has 1 atom stereocenters. The van der Waals surface area contributed by atoms with Crippen LogP contribution in [0, 0.1) is 13.8 Å². The summed E-state index contributed by atoms with van der Waals surface area (Å²) < 4.78 is 5.61. The second-order valence-corrected chi connectivity index (χ2v) is 9.27. The molecular weight excluding hydrogens is 414 g/mol. The van der Waals surface area contributed by atoms with E-state index in [2.05, 4.69) is 25.7 Å². The topological polar surface area (TPSA) is 96.5 Å². The van der Waals surface area contributed by atoms with Crippen LogP contribution in [0.4, 0.5) is 10.8 Å². The van der Waals surface area contributed by atoms with Gasteiger partial charge in [0, 0.05) is 31.3 Å². The van der Waals surface area contributed by atoms with Gasteiger partial charge in [-0.2, -0.15) is 0 Å². The van der Waals surface area contributed by atoms with Gasteiger partial charge in [-0.1, -0.05) is 29.5 Å². The van der Waals surface area contributed by atoms with E-state index in [4.69, 9.17) is 4.74 Å². The summed E-state index contributed by atoms with van der Waals surface area (Å²) in [6.07, 6.45) is 4.42. The molecule has 0 spiro atoms. The van der Waals surface area contributed by atoms with Crippen LogP contribution in [0.1, 0.15) is 54.3 Å². The number of amides is 2. The third-order valence-electron chi connectivity index (χ3n) is 5.67. The highest BCUT2D eigenvalue weighted by molar-refractivity contribution is 7.15. The van der Waals surface area contributed by atoms with Crippen LogP contribution in [0.15, 0.2) is 18.2 Å². The van der Waals surface area contributed by atoms with E-state index < -0.39 is 0 Å². The van der Waals surface area contributed by atoms with Gasteiger partial charge in [-0.25, -0.2) is 0 Å². The molecule has 2 aromatic rings. The molecule has 9 heteroatoms. The Bertz CT molecular complexity index is 917. The molecule has 1 aromatic carbocycles. The quantitative estimate of drug-likeness (QED) is 0.616. The summed E-state index contributed by atoms with van der Waals surface area (Å²) in [7, 11) is 0. The van der Waals surface area contributed by atoms with Gasteiger partial charge in [0.25, 0.3) is 0 Å². The third kappa shape index (κ3) is 5.87. The summed E-state index contributed by atoms with van der Waals surface area (Å²) in [4.78, 5) is 27.2. The lowest BCUT2D eigenvalue weighted by atomic mass is 10.1. The zero-order valence-electron chi connectivity index (χ0n) is 18.0. The standard InChI is InChI=1S/C22H29N5O3S/c1-14-5-3-6-15(2)20(14)23-19(29)13-27(16-8-9-16)11-10-18(28)24-22-26-25-21(31-22)17-7-4-12-30-17/h3,5-6,16-17H,4,7-13H2,1-2H3,(H,23,29)(H,24,26,28). The molecule has 2 heterocycles. The van der Waals surface area contributed by atoms with E-state index in [0.717, 1.165) is 54.1 Å². The van der Waals surface area contributed by atoms with Crippen molar-refractivity contribution in [3.63, 3.8) is 0 Å². The Labute approximate surface area is 186 Å². The van der Waals surface area contributed by atoms with Gasteiger partial charge >= 0.3 is 0 Å². The summed E-state index contributed by atoms with van der Waals surface area (Å²) in [6, 6.07) is 6.34. The number of nitrogens with one attached hydrogen (secondary N) is 2. The number of hydrogen-bond acceptors (Lipinski definition) is 7. The molecule has 0 bridgehead atoms. The fraction of sp³-hybridized carbons (Fsp3) is 0.545. The average Bonchev–Trinajstić information content (AvgIpc) is 3.23. The summed E-state index contributed by atoms with van der Waals surface area (Å²) in [5.74, 6) is -0.161. The molecule has 1 unspecified atom stereocenters. The molecule has 2 aliphatic rings. The molecule has 2 amide bonds. The molecule has 166 valence electrons. The van der Waals surface area contributed by atoms with Crippen LogP contribution in [0.2, 0.25) is 0 Å². The van der Waals surface area contributed by atoms with Gasteiger partial charge in [-0.3, -0.25) is 14.5 Å². The van der Waals surface area contributed by atoms with E-state index in [9.17, 15) is 9.59 Å². The first-order valence-electron chi connectivity index (χ1n) is 10.8. The van der Waals surface area contributed by atoms with Crippen LogP contribution < -0.4 is 10.6 Å². The van der Waals surface area contributed by atoms with Gasteiger partial charge in [0.15, 0.2) is 0 Å². The molecule has 1 saturated heterocycles. The number of aryl methyl sites for hydroxylation is 2. The van der Waals surface area contributed by atoms with Crippen molar-refractivity contribution in [2.24, 2.45) is 0 Å². The Kier molecular flexibility index (Phi) is 6.94. The predicted octanol–water partition coefficient (Wildman–Crippen LogP) is 3.44. The Morgan fingerprint density at radius 2 is 1.90 bits per heavy atom. The first-order valence-corrected chi connectivity index (χ1v) is 11.7. The van der Waals surface area contributed by atoms with Crippen LogP contribution in [0.25, 0.3) is 0 Å². The second-order valence-electron chi connectivity index (χ2n) is 8.26. The van der Waals surface area contributed by atoms with Gasteiger partial charge in [-0.05, 0) is 50.7 Å². The minimum absolute atomic E-state index is 0.00362. The predicted molar refractivity (Wildman–Crippen MR) is 120 cm³/mol. The molecule has 1 aliphatic carbocycles. The van der Waals surface area contributed by atoms with Gasteiger partial charge < -0.3 is 15.4 Å². The monoisotopic (exact) mass is 443 g/mol. The second kappa shape index (κ2) is 9.84. The van der Waals surface area contributed by atoms with Crippen LogP contribution >= 0.6 is 11.3 Å². The van der Waals surface area contributed by atoms with Crippen molar-refractivity contribution in [1.82, 2.24) is 15.1 Å². The fourth-order valence-corrected chi connectivity index (χ4v) is 4.66. The van der Waals surface area contributed by atoms with Crippen LogP contribution in [0.3, 0.4) is 0 Å². The van der Waals surface area contributed by atoms with Crippen LogP contribution in [0.5, 0.6) is 0 Å². The number of carbonyl (C=O) groups is 2. The minimum Gasteiger partial charge on any atom is -0.371 e. The number of aromatic nitrogens is 2. The molecule has 1 aromatic heterocycles. The Morgan fingerprint density at radius 1 is 1.13 bits per heavy atom. The maximum atomic E-state index is 12.6. The molecule has 31 heavy (non-hydrogen) atoms. The largest absolute Gasteiger partial charge is 0.371 e. The summed E-state index contributed by atoms with van der Waals surface area (Å²) in [6.45, 7) is 5.55. The van der Waals surface area contributed by atoms with Gasteiger partial charge in [-0.15, -0.1) is 10.2 Å². The zero-order chi connectivity index (χ0) is 21.8. The maximum Gasteiger partial charge on any atom is 0.238 e. The summed E-state index contributed by atoms with van der Waals surface area (Å²) in [5.41, 5.74) is 2.97. The van der Waals surface area contributed by atoms with Crippen LogP contribution in [-0.4, -0.2) is 52.6 Å². The van der Waals surface area contributed by atoms with Crippen molar-refractivity contribution < 1.29 is 14.3 Å². The van der Waals surface area contributed by atoms with Crippen molar-refractivity contribution in [3.8, 4) is 0 Å². The summed E-state index contributed by atoms with van der Waals surface area (Å²) >= 11 is 1.37. The number of para-hydroxylation sites is 1. The van der Waals surface area contributed by atoms with E-state index in [1.165, 1.54) is 11.3 Å². The van der Waals surface area contributed by atoms with Crippen molar-refractivity contribution in [2.75, 3.05) is 30.3 Å². The Balaban J connectivity index is 1.26. The molecule has 2 N–H and O–H groups in total. The first kappa shape index (κ1) is 21.9. The van der Waals surface area contributed by atoms with E-state index in [1.807, 2.05) is 32.0 Å². The number of hydrogen-bond donors (Lipinski definition) is 2. The van der Waals surface area contributed by atoms with Crippen molar-refractivity contribution in [3.05, 3.63) is 34.3 Å². The zero-order valence-corrected chi connectivity index (χ0v) is 18.8. The van der Waals surface area contributed by atoms with Gasteiger partial charge in [0.1, 0.15) is 11.1 Å². The van der Waals surface area contributed by atoms with E-state index in [-0.39, 0.29) is 24.5 Å². The summed E-state index contributed by atoms with van der Waals surface area (Å²) in [5, 5.41) is 15.4. The highest BCUT2D eigenvalue weighted by Crippen LogP contribution is 2.32. The molecular formula is C22H29N5O3S. The Hall–Kier alpha value is -2.36. The smallest absolute Gasteiger partial charge is 0.238 e. The van der Waals surface area contributed by atoms with E-state index >= 15 is 0 Å². The number of rotatable bonds is 9. The average molecular weight is 444 g/mol. The van der Waals surface area contributed by atoms with Crippen molar-refractivity contribution >= 4 is 34.0 Å². The number of carbonyl (C=O) groups excluding carboxylic acids is 2. The molecule has 1 saturated carbocycles. The highest BCUT2D eigenvalue weighted by Gasteiger charge is 2.30. The number of anilines is 2.